The smallest absolute Gasteiger partial charge is 0.323 e. The molecule has 0 aromatic heterocycles. The molecule has 0 aromatic carbocycles. The van der Waals surface area contributed by atoms with Gasteiger partial charge in [-0.05, 0) is 31.6 Å². The quantitative estimate of drug-likeness (QED) is 0.768. The normalized spacial score (nSPS) is 27.4. The van der Waals surface area contributed by atoms with Gasteiger partial charge in [-0.15, -0.1) is 0 Å². The van der Waals surface area contributed by atoms with Crippen LogP contribution in [0.1, 0.15) is 51.9 Å². The zero-order valence-corrected chi connectivity index (χ0v) is 11.6. The largest absolute Gasteiger partial charge is 0.480 e. The second-order valence-corrected chi connectivity index (χ2v) is 5.92. The lowest BCUT2D eigenvalue weighted by atomic mass is 9.97. The van der Waals surface area contributed by atoms with Crippen molar-refractivity contribution in [2.75, 3.05) is 6.54 Å². The molecule has 0 radical (unpaired) electrons. The van der Waals surface area contributed by atoms with E-state index in [4.69, 9.17) is 5.11 Å². The first kappa shape index (κ1) is 14.2. The standard InChI is InChI=1S/C14H24N2O3/c1-10-5-3-2-4-6-12(10)15-14(19)16(9-13(17)18)11-7-8-11/h10-12H,2-9H2,1H3,(H,15,19)(H,17,18). The zero-order chi connectivity index (χ0) is 13.8. The van der Waals surface area contributed by atoms with Crippen molar-refractivity contribution in [1.82, 2.24) is 10.2 Å². The number of hydrogen-bond donors (Lipinski definition) is 2. The summed E-state index contributed by atoms with van der Waals surface area (Å²) < 4.78 is 0. The number of nitrogens with one attached hydrogen (secondary N) is 1. The highest BCUT2D eigenvalue weighted by Gasteiger charge is 2.35. The van der Waals surface area contributed by atoms with Gasteiger partial charge in [0.25, 0.3) is 0 Å². The van der Waals surface area contributed by atoms with Gasteiger partial charge in [0.1, 0.15) is 6.54 Å². The van der Waals surface area contributed by atoms with Crippen LogP contribution in [0.15, 0.2) is 0 Å². The van der Waals surface area contributed by atoms with E-state index in [1.165, 1.54) is 17.7 Å². The van der Waals surface area contributed by atoms with Gasteiger partial charge < -0.3 is 15.3 Å². The summed E-state index contributed by atoms with van der Waals surface area (Å²) in [4.78, 5) is 24.6. The van der Waals surface area contributed by atoms with Crippen LogP contribution in [0.5, 0.6) is 0 Å². The topological polar surface area (TPSA) is 69.6 Å². The van der Waals surface area contributed by atoms with Crippen LogP contribution in [0.4, 0.5) is 4.79 Å². The van der Waals surface area contributed by atoms with E-state index in [2.05, 4.69) is 12.2 Å². The van der Waals surface area contributed by atoms with Crippen LogP contribution in [0, 0.1) is 5.92 Å². The Morgan fingerprint density at radius 1 is 1.16 bits per heavy atom. The number of rotatable bonds is 4. The second kappa shape index (κ2) is 6.26. The Morgan fingerprint density at radius 3 is 2.47 bits per heavy atom. The number of urea groups is 1. The first-order chi connectivity index (χ1) is 9.08. The van der Waals surface area contributed by atoms with Crippen LogP contribution in [0.25, 0.3) is 0 Å². The van der Waals surface area contributed by atoms with Gasteiger partial charge in [0.15, 0.2) is 0 Å². The van der Waals surface area contributed by atoms with Crippen LogP contribution in [0.3, 0.4) is 0 Å². The van der Waals surface area contributed by atoms with Crippen LogP contribution in [-0.4, -0.2) is 40.6 Å². The van der Waals surface area contributed by atoms with E-state index < -0.39 is 5.97 Å². The van der Waals surface area contributed by atoms with Gasteiger partial charge in [0, 0.05) is 12.1 Å². The van der Waals surface area contributed by atoms with Crippen LogP contribution >= 0.6 is 0 Å². The molecule has 19 heavy (non-hydrogen) atoms. The fourth-order valence-corrected chi connectivity index (χ4v) is 2.85. The highest BCUT2D eigenvalue weighted by molar-refractivity contribution is 5.80. The molecule has 0 saturated heterocycles. The summed E-state index contributed by atoms with van der Waals surface area (Å²) in [6.45, 7) is 1.99. The average Bonchev–Trinajstić information content (AvgIpc) is 3.16. The lowest BCUT2D eigenvalue weighted by molar-refractivity contribution is -0.137. The van der Waals surface area contributed by atoms with Gasteiger partial charge in [-0.3, -0.25) is 4.79 Å². The van der Waals surface area contributed by atoms with Gasteiger partial charge in [0.2, 0.25) is 0 Å². The summed E-state index contributed by atoms with van der Waals surface area (Å²) >= 11 is 0. The Balaban J connectivity index is 1.91. The Hall–Kier alpha value is -1.26. The predicted octanol–water partition coefficient (Wildman–Crippen LogP) is 2.21. The van der Waals surface area contributed by atoms with E-state index >= 15 is 0 Å². The number of carbonyl (C=O) groups is 2. The first-order valence-electron chi connectivity index (χ1n) is 7.37. The van der Waals surface area contributed by atoms with Crippen molar-refractivity contribution >= 4 is 12.0 Å². The maximum atomic E-state index is 12.2. The molecule has 5 nitrogen and oxygen atoms in total. The monoisotopic (exact) mass is 268 g/mol. The molecule has 0 aliphatic heterocycles. The van der Waals surface area contributed by atoms with Crippen LogP contribution in [-0.2, 0) is 4.79 Å². The van der Waals surface area contributed by atoms with Gasteiger partial charge in [-0.1, -0.05) is 26.2 Å². The number of hydrogen-bond acceptors (Lipinski definition) is 2. The van der Waals surface area contributed by atoms with E-state index in [9.17, 15) is 9.59 Å². The molecule has 2 atom stereocenters. The van der Waals surface area contributed by atoms with Crippen molar-refractivity contribution in [1.29, 1.82) is 0 Å². The van der Waals surface area contributed by atoms with Crippen molar-refractivity contribution in [2.45, 2.75) is 64.0 Å². The number of carboxylic acids is 1. The summed E-state index contributed by atoms with van der Waals surface area (Å²) in [5.41, 5.74) is 0. The van der Waals surface area contributed by atoms with E-state index in [0.29, 0.717) is 5.92 Å². The molecule has 0 aromatic rings. The molecular weight excluding hydrogens is 244 g/mol. The van der Waals surface area contributed by atoms with Gasteiger partial charge in [0.05, 0.1) is 0 Å². The second-order valence-electron chi connectivity index (χ2n) is 5.92. The number of aliphatic carboxylic acids is 1. The zero-order valence-electron chi connectivity index (χ0n) is 11.6. The Bertz CT molecular complexity index is 342. The molecule has 2 rings (SSSR count). The van der Waals surface area contributed by atoms with E-state index in [0.717, 1.165) is 32.1 Å². The van der Waals surface area contributed by atoms with E-state index in [1.807, 2.05) is 0 Å². The third-order valence-corrected chi connectivity index (χ3v) is 4.22. The van der Waals surface area contributed by atoms with Crippen molar-refractivity contribution in [3.63, 3.8) is 0 Å². The van der Waals surface area contributed by atoms with Gasteiger partial charge in [-0.25, -0.2) is 4.79 Å². The van der Waals surface area contributed by atoms with Crippen molar-refractivity contribution in [3.05, 3.63) is 0 Å². The highest BCUT2D eigenvalue weighted by atomic mass is 16.4. The van der Waals surface area contributed by atoms with Gasteiger partial charge >= 0.3 is 12.0 Å². The molecule has 2 N–H and O–H groups in total. The number of nitrogens with zero attached hydrogens (tertiary/aromatic N) is 1. The first-order valence-corrected chi connectivity index (χ1v) is 7.37. The minimum absolute atomic E-state index is 0.136. The third kappa shape index (κ3) is 4.11. The summed E-state index contributed by atoms with van der Waals surface area (Å²) in [6, 6.07) is 0.144. The van der Waals surface area contributed by atoms with Crippen molar-refractivity contribution in [3.8, 4) is 0 Å². The molecule has 2 saturated carbocycles. The number of amides is 2. The van der Waals surface area contributed by atoms with Crippen molar-refractivity contribution in [2.24, 2.45) is 5.92 Å². The molecule has 108 valence electrons. The van der Waals surface area contributed by atoms with Crippen molar-refractivity contribution < 1.29 is 14.7 Å². The Labute approximate surface area is 114 Å². The number of carbonyl (C=O) groups excluding carboxylic acids is 1. The predicted molar refractivity (Wildman–Crippen MR) is 71.9 cm³/mol. The Kier molecular flexibility index (Phi) is 4.66. The fraction of sp³-hybridized carbons (Fsp3) is 0.857. The van der Waals surface area contributed by atoms with Crippen LogP contribution < -0.4 is 5.32 Å². The minimum Gasteiger partial charge on any atom is -0.480 e. The molecule has 0 bridgehead atoms. The SMILES string of the molecule is CC1CCCCCC1NC(=O)N(CC(=O)O)C1CC1. The lowest BCUT2D eigenvalue weighted by Crippen LogP contribution is -2.49. The maximum absolute atomic E-state index is 12.2. The molecule has 2 fully saturated rings. The lowest BCUT2D eigenvalue weighted by Gasteiger charge is -2.27. The molecule has 0 heterocycles. The summed E-state index contributed by atoms with van der Waals surface area (Å²) in [5, 5.41) is 11.9. The fourth-order valence-electron chi connectivity index (χ4n) is 2.85. The van der Waals surface area contributed by atoms with Gasteiger partial charge in [-0.2, -0.15) is 0 Å². The summed E-state index contributed by atoms with van der Waals surface area (Å²) in [6.07, 6.45) is 7.64. The van der Waals surface area contributed by atoms with Crippen LogP contribution in [0.2, 0.25) is 0 Å². The molecular formula is C14H24N2O3. The molecule has 2 amide bonds. The molecule has 2 unspecified atom stereocenters. The van der Waals surface area contributed by atoms with E-state index in [1.54, 1.807) is 0 Å². The highest BCUT2D eigenvalue weighted by Crippen LogP contribution is 2.28. The molecule has 5 heteroatoms. The Morgan fingerprint density at radius 2 is 1.84 bits per heavy atom. The third-order valence-electron chi connectivity index (χ3n) is 4.22. The van der Waals surface area contributed by atoms with E-state index in [-0.39, 0.29) is 24.7 Å². The molecule has 2 aliphatic rings. The average molecular weight is 268 g/mol. The minimum atomic E-state index is -0.934. The summed E-state index contributed by atoms with van der Waals surface area (Å²) in [7, 11) is 0. The molecule has 2 aliphatic carbocycles. The summed E-state index contributed by atoms with van der Waals surface area (Å²) in [5.74, 6) is -0.451. The number of carboxylic acid groups (broad SMARTS) is 1. The molecule has 0 spiro atoms. The maximum Gasteiger partial charge on any atom is 0.323 e.